The molecule has 1 aromatic rings. The number of hydrogen-bond donors (Lipinski definition) is 1. The highest BCUT2D eigenvalue weighted by Gasteiger charge is 2.14. The maximum Gasteiger partial charge on any atom is 0.311 e. The molecule has 0 spiro atoms. The second kappa shape index (κ2) is 4.99. The number of nitrogens with zero attached hydrogens (tertiary/aromatic N) is 1. The van der Waals surface area contributed by atoms with Gasteiger partial charge in [0.05, 0.1) is 11.5 Å². The highest BCUT2D eigenvalue weighted by molar-refractivity contribution is 5.55. The van der Waals surface area contributed by atoms with E-state index >= 15 is 0 Å². The van der Waals surface area contributed by atoms with Crippen molar-refractivity contribution in [1.82, 2.24) is 0 Å². The van der Waals surface area contributed by atoms with Crippen LogP contribution in [0.4, 0.5) is 11.4 Å². The number of nitro benzene ring substituents is 1. The van der Waals surface area contributed by atoms with Crippen LogP contribution in [0.3, 0.4) is 0 Å². The summed E-state index contributed by atoms with van der Waals surface area (Å²) in [5, 5.41) is 10.6. The van der Waals surface area contributed by atoms with Crippen LogP contribution < -0.4 is 10.5 Å². The molecule has 0 aliphatic carbocycles. The number of rotatable bonds is 5. The fraction of sp³-hybridized carbons (Fsp3) is 0.200. The lowest BCUT2D eigenvalue weighted by molar-refractivity contribution is -0.385. The molecule has 1 rings (SSSR count). The lowest BCUT2D eigenvalue weighted by Gasteiger charge is -2.05. The first-order chi connectivity index (χ1) is 7.15. The zero-order valence-electron chi connectivity index (χ0n) is 8.18. The Bertz CT molecular complexity index is 377. The summed E-state index contributed by atoms with van der Waals surface area (Å²) in [6.07, 6.45) is 2.31. The molecule has 1 aromatic carbocycles. The highest BCUT2D eigenvalue weighted by Crippen LogP contribution is 2.28. The minimum absolute atomic E-state index is 0.0757. The van der Waals surface area contributed by atoms with Crippen LogP contribution in [0, 0.1) is 10.1 Å². The molecule has 0 radical (unpaired) electrons. The van der Waals surface area contributed by atoms with Crippen LogP contribution in [0.1, 0.15) is 6.42 Å². The number of benzene rings is 1. The summed E-state index contributed by atoms with van der Waals surface area (Å²) >= 11 is 0. The van der Waals surface area contributed by atoms with E-state index in [1.807, 2.05) is 0 Å². The summed E-state index contributed by atoms with van der Waals surface area (Å²) < 4.78 is 5.23. The molecule has 5 nitrogen and oxygen atoms in total. The molecule has 15 heavy (non-hydrogen) atoms. The third-order valence-corrected chi connectivity index (χ3v) is 1.76. The maximum atomic E-state index is 10.6. The number of nitro groups is 1. The lowest BCUT2D eigenvalue weighted by atomic mass is 10.2. The van der Waals surface area contributed by atoms with Crippen LogP contribution in [0.5, 0.6) is 5.75 Å². The van der Waals surface area contributed by atoms with Crippen LogP contribution in [-0.4, -0.2) is 11.5 Å². The summed E-state index contributed by atoms with van der Waals surface area (Å²) in [5.74, 6) is 0.196. The van der Waals surface area contributed by atoms with Crippen molar-refractivity contribution in [3.63, 3.8) is 0 Å². The first kappa shape index (κ1) is 11.0. The Morgan fingerprint density at radius 2 is 2.33 bits per heavy atom. The van der Waals surface area contributed by atoms with Gasteiger partial charge in [-0.25, -0.2) is 0 Å². The molecule has 0 saturated carbocycles. The minimum Gasteiger partial charge on any atom is -0.486 e. The largest absolute Gasteiger partial charge is 0.486 e. The number of ether oxygens (including phenoxy) is 1. The number of hydrogen-bond acceptors (Lipinski definition) is 4. The average Bonchev–Trinajstić information content (AvgIpc) is 2.18. The Balaban J connectivity index is 2.86. The second-order valence-electron chi connectivity index (χ2n) is 2.91. The van der Waals surface area contributed by atoms with Gasteiger partial charge in [-0.3, -0.25) is 10.1 Å². The zero-order chi connectivity index (χ0) is 11.3. The molecule has 80 valence electrons. The van der Waals surface area contributed by atoms with E-state index in [4.69, 9.17) is 10.5 Å². The van der Waals surface area contributed by atoms with Crippen molar-refractivity contribution in [1.29, 1.82) is 0 Å². The number of nitrogens with two attached hydrogens (primary N) is 1. The molecule has 5 heteroatoms. The average molecular weight is 208 g/mol. The zero-order valence-corrected chi connectivity index (χ0v) is 8.18. The molecule has 0 unspecified atom stereocenters. The van der Waals surface area contributed by atoms with E-state index in [-0.39, 0.29) is 11.4 Å². The Morgan fingerprint density at radius 3 is 2.93 bits per heavy atom. The van der Waals surface area contributed by atoms with E-state index in [1.165, 1.54) is 18.2 Å². The number of nitrogen functional groups attached to an aromatic ring is 1. The monoisotopic (exact) mass is 208 g/mol. The molecule has 0 atom stereocenters. The summed E-state index contributed by atoms with van der Waals surface area (Å²) in [5.41, 5.74) is 5.87. The third-order valence-electron chi connectivity index (χ3n) is 1.76. The normalized spacial score (nSPS) is 9.60. The second-order valence-corrected chi connectivity index (χ2v) is 2.91. The van der Waals surface area contributed by atoms with Crippen LogP contribution in [0.15, 0.2) is 30.9 Å². The van der Waals surface area contributed by atoms with Crippen molar-refractivity contribution >= 4 is 11.4 Å². The molecule has 0 aromatic heterocycles. The van der Waals surface area contributed by atoms with Crippen LogP contribution in [0.2, 0.25) is 0 Å². The maximum absolute atomic E-state index is 10.6. The SMILES string of the molecule is C=CCCOc1cc(N)ccc1[N+](=O)[O-]. The quantitative estimate of drug-likeness (QED) is 0.264. The third kappa shape index (κ3) is 2.98. The van der Waals surface area contributed by atoms with Crippen molar-refractivity contribution < 1.29 is 9.66 Å². The molecular formula is C10H12N2O3. The van der Waals surface area contributed by atoms with E-state index in [2.05, 4.69) is 6.58 Å². The standard InChI is InChI=1S/C10H12N2O3/c1-2-3-6-15-10-7-8(11)4-5-9(10)12(13)14/h2,4-5,7H,1,3,6,11H2. The van der Waals surface area contributed by atoms with Crippen LogP contribution in [0.25, 0.3) is 0 Å². The molecular weight excluding hydrogens is 196 g/mol. The first-order valence-corrected chi connectivity index (χ1v) is 4.42. The van der Waals surface area contributed by atoms with Gasteiger partial charge in [-0.05, 0) is 12.5 Å². The molecule has 0 aliphatic heterocycles. The summed E-state index contributed by atoms with van der Waals surface area (Å²) in [6.45, 7) is 3.88. The first-order valence-electron chi connectivity index (χ1n) is 4.42. The van der Waals surface area contributed by atoms with Crippen molar-refractivity contribution in [3.05, 3.63) is 41.0 Å². The molecule has 0 amide bonds. The van der Waals surface area contributed by atoms with Crippen molar-refractivity contribution in [2.75, 3.05) is 12.3 Å². The van der Waals surface area contributed by atoms with Crippen molar-refractivity contribution in [3.8, 4) is 5.75 Å². The predicted molar refractivity (Wildman–Crippen MR) is 57.8 cm³/mol. The Labute approximate surface area is 87.3 Å². The Kier molecular flexibility index (Phi) is 3.68. The van der Waals surface area contributed by atoms with Gasteiger partial charge in [-0.2, -0.15) is 0 Å². The van der Waals surface area contributed by atoms with Gasteiger partial charge in [0.1, 0.15) is 0 Å². The van der Waals surface area contributed by atoms with E-state index in [1.54, 1.807) is 6.08 Å². The topological polar surface area (TPSA) is 78.4 Å². The van der Waals surface area contributed by atoms with Gasteiger partial charge < -0.3 is 10.5 Å². The smallest absolute Gasteiger partial charge is 0.311 e. The summed E-state index contributed by atoms with van der Waals surface area (Å²) in [6, 6.07) is 4.25. The van der Waals surface area contributed by atoms with Crippen molar-refractivity contribution in [2.45, 2.75) is 6.42 Å². The van der Waals surface area contributed by atoms with E-state index in [9.17, 15) is 10.1 Å². The Morgan fingerprint density at radius 1 is 1.60 bits per heavy atom. The van der Waals surface area contributed by atoms with E-state index in [0.717, 1.165) is 0 Å². The fourth-order valence-electron chi connectivity index (χ4n) is 1.05. The van der Waals surface area contributed by atoms with Gasteiger partial charge in [0.25, 0.3) is 0 Å². The molecule has 0 bridgehead atoms. The summed E-state index contributed by atoms with van der Waals surface area (Å²) in [4.78, 5) is 10.1. The summed E-state index contributed by atoms with van der Waals surface area (Å²) in [7, 11) is 0. The predicted octanol–water partition coefficient (Wildman–Crippen LogP) is 2.13. The lowest BCUT2D eigenvalue weighted by Crippen LogP contribution is -2.00. The van der Waals surface area contributed by atoms with Gasteiger partial charge in [-0.15, -0.1) is 6.58 Å². The van der Waals surface area contributed by atoms with Gasteiger partial charge >= 0.3 is 5.69 Å². The molecule has 0 aliphatic rings. The molecule has 2 N–H and O–H groups in total. The fourth-order valence-corrected chi connectivity index (χ4v) is 1.05. The van der Waals surface area contributed by atoms with Crippen molar-refractivity contribution in [2.24, 2.45) is 0 Å². The van der Waals surface area contributed by atoms with Crippen LogP contribution >= 0.6 is 0 Å². The molecule has 0 heterocycles. The molecule has 0 saturated heterocycles. The molecule has 0 fully saturated rings. The number of anilines is 1. The van der Waals surface area contributed by atoms with Crippen LogP contribution in [-0.2, 0) is 0 Å². The van der Waals surface area contributed by atoms with E-state index < -0.39 is 4.92 Å². The van der Waals surface area contributed by atoms with Gasteiger partial charge in [0, 0.05) is 17.8 Å². The van der Waals surface area contributed by atoms with E-state index in [0.29, 0.717) is 18.7 Å². The highest BCUT2D eigenvalue weighted by atomic mass is 16.6. The van der Waals surface area contributed by atoms with Gasteiger partial charge in [0.15, 0.2) is 5.75 Å². The Hall–Kier alpha value is -2.04. The minimum atomic E-state index is -0.497. The van der Waals surface area contributed by atoms with Gasteiger partial charge in [0.2, 0.25) is 0 Å². The van der Waals surface area contributed by atoms with Gasteiger partial charge in [-0.1, -0.05) is 6.08 Å².